The molecule has 1 aliphatic heterocycles. The third kappa shape index (κ3) is 9.81. The van der Waals surface area contributed by atoms with E-state index < -0.39 is 18.0 Å². The Balaban J connectivity index is 1.38. The van der Waals surface area contributed by atoms with E-state index >= 15 is 0 Å². The molecule has 0 saturated heterocycles. The van der Waals surface area contributed by atoms with Gasteiger partial charge in [-0.25, -0.2) is 24.8 Å². The Kier molecular flexibility index (Phi) is 11.4. The van der Waals surface area contributed by atoms with Crippen molar-refractivity contribution in [2.75, 3.05) is 19.7 Å². The van der Waals surface area contributed by atoms with E-state index in [1.165, 1.54) is 11.5 Å². The Morgan fingerprint density at radius 2 is 1.93 bits per heavy atom. The minimum absolute atomic E-state index is 0.136. The molecule has 13 heteroatoms. The van der Waals surface area contributed by atoms with Gasteiger partial charge in [0, 0.05) is 54.6 Å². The molecule has 44 heavy (non-hydrogen) atoms. The Morgan fingerprint density at radius 1 is 1.18 bits per heavy atom. The molecule has 0 bridgehead atoms. The number of hydroxylamine groups is 2. The van der Waals surface area contributed by atoms with Gasteiger partial charge in [-0.1, -0.05) is 25.5 Å². The van der Waals surface area contributed by atoms with Gasteiger partial charge in [-0.05, 0) is 57.7 Å². The first-order valence-electron chi connectivity index (χ1n) is 15.1. The van der Waals surface area contributed by atoms with Crippen molar-refractivity contribution in [1.82, 2.24) is 31.0 Å². The molecule has 0 spiro atoms. The van der Waals surface area contributed by atoms with Gasteiger partial charge < -0.3 is 20.9 Å². The lowest BCUT2D eigenvalue weighted by atomic mass is 9.93. The van der Waals surface area contributed by atoms with Gasteiger partial charge in [0.1, 0.15) is 17.3 Å². The predicted molar refractivity (Wildman–Crippen MR) is 167 cm³/mol. The van der Waals surface area contributed by atoms with Gasteiger partial charge in [0.25, 0.3) is 5.91 Å². The minimum Gasteiger partial charge on any atom is -0.444 e. The molecule has 2 heterocycles. The summed E-state index contributed by atoms with van der Waals surface area (Å²) in [5.41, 5.74) is 9.09. The zero-order valence-electron chi connectivity index (χ0n) is 25.9. The van der Waals surface area contributed by atoms with Gasteiger partial charge in [-0.2, -0.15) is 0 Å². The number of nitrogens with two attached hydrogens (primary N) is 1. The van der Waals surface area contributed by atoms with Crippen LogP contribution in [0.5, 0.6) is 0 Å². The van der Waals surface area contributed by atoms with Crippen LogP contribution in [0.2, 0.25) is 0 Å². The molecule has 1 fully saturated rings. The zero-order chi connectivity index (χ0) is 31.7. The average molecular weight is 609 g/mol. The summed E-state index contributed by atoms with van der Waals surface area (Å²) in [7, 11) is 0. The number of aliphatic hydroxyl groups excluding tert-OH is 1. The molecule has 2 amide bonds. The number of fused-ring (bicyclic) bond motifs is 1. The van der Waals surface area contributed by atoms with Crippen LogP contribution in [0.4, 0.5) is 10.5 Å². The van der Waals surface area contributed by atoms with Crippen LogP contribution in [0.1, 0.15) is 71.2 Å². The van der Waals surface area contributed by atoms with E-state index in [0.29, 0.717) is 48.5 Å². The molecule has 4 rings (SSSR count). The van der Waals surface area contributed by atoms with E-state index in [9.17, 15) is 14.7 Å². The Morgan fingerprint density at radius 3 is 2.59 bits per heavy atom. The van der Waals surface area contributed by atoms with Crippen molar-refractivity contribution in [3.05, 3.63) is 47.6 Å². The first-order valence-corrected chi connectivity index (χ1v) is 15.1. The molecule has 1 aromatic carbocycles. The van der Waals surface area contributed by atoms with Crippen molar-refractivity contribution in [3.63, 3.8) is 0 Å². The topological polar surface area (TPSA) is 176 Å². The smallest absolute Gasteiger partial charge is 0.408 e. The molecule has 0 radical (unpaired) electrons. The largest absolute Gasteiger partial charge is 0.444 e. The first-order chi connectivity index (χ1) is 21.0. The first kappa shape index (κ1) is 33.0. The van der Waals surface area contributed by atoms with Crippen LogP contribution in [0.15, 0.2) is 41.2 Å². The van der Waals surface area contributed by atoms with Crippen molar-refractivity contribution in [1.29, 1.82) is 0 Å². The molecule has 1 unspecified atom stereocenters. The molecule has 1 aromatic heterocycles. The third-order valence-corrected chi connectivity index (χ3v) is 6.94. The lowest BCUT2D eigenvalue weighted by Gasteiger charge is -2.29. The highest BCUT2D eigenvalue weighted by Crippen LogP contribution is 2.32. The molecule has 2 aliphatic rings. The SMILES string of the molecule is CCCN(OCCNC(O)NC1CCC1)C(=O)C1=Cc2ccc(-c3cnc(CNC(=O)OC(C)(C)C)nc3)cc2N=C(N)C1. The van der Waals surface area contributed by atoms with Crippen molar-refractivity contribution in [2.24, 2.45) is 10.7 Å². The number of aliphatic hydroxyl groups is 1. The van der Waals surface area contributed by atoms with Gasteiger partial charge in [0.15, 0.2) is 6.35 Å². The van der Waals surface area contributed by atoms with Crippen LogP contribution >= 0.6 is 0 Å². The van der Waals surface area contributed by atoms with E-state index in [-0.39, 0.29) is 25.5 Å². The number of amidine groups is 1. The number of carbonyl (C=O) groups excluding carboxylic acids is 2. The van der Waals surface area contributed by atoms with Crippen LogP contribution in [0, 0.1) is 0 Å². The minimum atomic E-state index is -0.813. The van der Waals surface area contributed by atoms with E-state index in [2.05, 4.69) is 30.9 Å². The number of benzene rings is 1. The Bertz CT molecular complexity index is 1350. The number of hydrogen-bond donors (Lipinski definition) is 5. The maximum Gasteiger partial charge on any atom is 0.408 e. The second-order valence-electron chi connectivity index (χ2n) is 11.9. The van der Waals surface area contributed by atoms with Crippen molar-refractivity contribution in [3.8, 4) is 11.1 Å². The van der Waals surface area contributed by atoms with Gasteiger partial charge in [-0.15, -0.1) is 0 Å². The molecule has 6 N–H and O–H groups in total. The number of rotatable bonds is 13. The Hall–Kier alpha value is -3.91. The number of ether oxygens (including phenoxy) is 1. The quantitative estimate of drug-likeness (QED) is 0.129. The lowest BCUT2D eigenvalue weighted by molar-refractivity contribution is -0.182. The maximum atomic E-state index is 13.5. The fourth-order valence-electron chi connectivity index (χ4n) is 4.56. The number of alkyl carbamates (subject to hydrolysis) is 1. The predicted octanol–water partition coefficient (Wildman–Crippen LogP) is 3.12. The highest BCUT2D eigenvalue weighted by atomic mass is 16.7. The number of aliphatic imine (C=N–C) groups is 1. The van der Waals surface area contributed by atoms with E-state index in [4.69, 9.17) is 15.3 Å². The standard InChI is InChI=1S/C31H44N8O5/c1-5-12-39(43-13-11-33-29(41)37-24-7-6-8-24)28(40)22-14-21-10-9-20(15-25(21)38-26(32)16-22)23-17-34-27(35-18-23)19-36-30(42)44-31(2,3)4/h9-10,14-15,17-18,24,29,33,37,41H,5-8,11-13,16,19H2,1-4H3,(H2,32,38)(H,36,42). The summed E-state index contributed by atoms with van der Waals surface area (Å²) in [5.74, 6) is 0.474. The number of nitrogens with one attached hydrogen (secondary N) is 3. The van der Waals surface area contributed by atoms with Crippen LogP contribution in [-0.2, 0) is 20.9 Å². The van der Waals surface area contributed by atoms with Gasteiger partial charge in [0.05, 0.1) is 18.8 Å². The second kappa shape index (κ2) is 15.2. The summed E-state index contributed by atoms with van der Waals surface area (Å²) in [6, 6.07) is 6.00. The zero-order valence-corrected chi connectivity index (χ0v) is 25.9. The third-order valence-electron chi connectivity index (χ3n) is 6.94. The van der Waals surface area contributed by atoms with Crippen molar-refractivity contribution < 1.29 is 24.3 Å². The Labute approximate surface area is 258 Å². The summed E-state index contributed by atoms with van der Waals surface area (Å²) in [5, 5.41) is 20.1. The van der Waals surface area contributed by atoms with Crippen LogP contribution in [0.3, 0.4) is 0 Å². The van der Waals surface area contributed by atoms with Gasteiger partial charge in [0.2, 0.25) is 0 Å². The highest BCUT2D eigenvalue weighted by molar-refractivity contribution is 6.05. The number of carbonyl (C=O) groups is 2. The van der Waals surface area contributed by atoms with Crippen LogP contribution < -0.4 is 21.7 Å². The molecule has 238 valence electrons. The summed E-state index contributed by atoms with van der Waals surface area (Å²) < 4.78 is 5.24. The summed E-state index contributed by atoms with van der Waals surface area (Å²) in [6.07, 6.45) is 7.99. The fourth-order valence-corrected chi connectivity index (χ4v) is 4.56. The molecule has 13 nitrogen and oxygen atoms in total. The maximum absolute atomic E-state index is 13.5. The van der Waals surface area contributed by atoms with Crippen molar-refractivity contribution >= 4 is 29.6 Å². The normalized spacial score (nSPS) is 15.7. The molecule has 1 atom stereocenters. The monoisotopic (exact) mass is 608 g/mol. The summed E-state index contributed by atoms with van der Waals surface area (Å²) in [6.45, 7) is 8.48. The van der Waals surface area contributed by atoms with E-state index in [1.54, 1.807) is 39.2 Å². The average Bonchev–Trinajstić information content (AvgIpc) is 3.12. The number of hydrogen-bond acceptors (Lipinski definition) is 11. The van der Waals surface area contributed by atoms with Crippen LogP contribution in [0.25, 0.3) is 17.2 Å². The summed E-state index contributed by atoms with van der Waals surface area (Å²) >= 11 is 0. The lowest BCUT2D eigenvalue weighted by Crippen LogP contribution is -2.50. The molecule has 1 aliphatic carbocycles. The van der Waals surface area contributed by atoms with Gasteiger partial charge >= 0.3 is 6.09 Å². The van der Waals surface area contributed by atoms with E-state index in [0.717, 1.165) is 29.5 Å². The second-order valence-corrected chi connectivity index (χ2v) is 11.9. The summed E-state index contributed by atoms with van der Waals surface area (Å²) in [4.78, 5) is 44.5. The van der Waals surface area contributed by atoms with Crippen molar-refractivity contribution in [2.45, 2.75) is 84.3 Å². The molecule has 1 saturated carbocycles. The van der Waals surface area contributed by atoms with Crippen LogP contribution in [-0.4, -0.2) is 75.7 Å². The van der Waals surface area contributed by atoms with E-state index in [1.807, 2.05) is 25.1 Å². The van der Waals surface area contributed by atoms with Gasteiger partial charge in [-0.3, -0.25) is 20.3 Å². The number of aromatic nitrogens is 2. The molecular formula is C31H44N8O5. The number of nitrogens with zero attached hydrogens (tertiary/aromatic N) is 4. The molecular weight excluding hydrogens is 564 g/mol. The molecule has 2 aromatic rings. The highest BCUT2D eigenvalue weighted by Gasteiger charge is 2.23. The number of amides is 2. The fraction of sp³-hybridized carbons (Fsp3) is 0.516.